The minimum Gasteiger partial charge on any atom is -0.486 e. The van der Waals surface area contributed by atoms with Gasteiger partial charge >= 0.3 is 12.3 Å². The van der Waals surface area contributed by atoms with Gasteiger partial charge in [0.1, 0.15) is 11.9 Å². The Morgan fingerprint density at radius 3 is 2.62 bits per heavy atom. The first-order valence-electron chi connectivity index (χ1n) is 10.6. The molecule has 12 nitrogen and oxygen atoms in total. The van der Waals surface area contributed by atoms with Gasteiger partial charge in [-0.2, -0.15) is 17.5 Å². The van der Waals surface area contributed by atoms with Gasteiger partial charge in [-0.25, -0.2) is 22.4 Å². The summed E-state index contributed by atoms with van der Waals surface area (Å²) in [7, 11) is -4.72. The van der Waals surface area contributed by atoms with Gasteiger partial charge in [-0.05, 0) is 36.4 Å². The molecule has 3 N–H and O–H groups in total. The maximum Gasteiger partial charge on any atom is 0.416 e. The zero-order valence-electron chi connectivity index (χ0n) is 19.2. The minimum absolute atomic E-state index is 0.0609. The van der Waals surface area contributed by atoms with Crippen molar-refractivity contribution in [2.24, 2.45) is 0 Å². The Labute approximate surface area is 225 Å². The number of fused-ring (bicyclic) bond motifs is 1. The van der Waals surface area contributed by atoms with E-state index in [9.17, 15) is 39.9 Å². The molecule has 208 valence electrons. The van der Waals surface area contributed by atoms with E-state index in [1.165, 1.54) is 23.7 Å². The van der Waals surface area contributed by atoms with Crippen LogP contribution in [0.3, 0.4) is 0 Å². The zero-order chi connectivity index (χ0) is 28.5. The van der Waals surface area contributed by atoms with Crippen LogP contribution >= 0.6 is 11.3 Å². The molecule has 2 atom stereocenters. The third kappa shape index (κ3) is 6.13. The van der Waals surface area contributed by atoms with Crippen LogP contribution in [0.4, 0.5) is 34.5 Å². The average molecular weight is 607 g/mol. The molecule has 0 aliphatic carbocycles. The number of ether oxygens (including phenoxy) is 1. The van der Waals surface area contributed by atoms with Gasteiger partial charge in [0.15, 0.2) is 0 Å². The topological polar surface area (TPSA) is 166 Å². The van der Waals surface area contributed by atoms with Gasteiger partial charge in [0.25, 0.3) is 21.3 Å². The SMILES string of the molecule is O=C(O)Nc1ccc2c(c1)N(S(=O)(=O)c1cccc(C(F)(F)F)c1)CC(CC(=O)N(c1nccs1)S(=O)O)O2. The number of benzene rings is 2. The van der Waals surface area contributed by atoms with Gasteiger partial charge in [0.05, 0.1) is 29.1 Å². The van der Waals surface area contributed by atoms with Gasteiger partial charge in [-0.3, -0.25) is 19.0 Å². The number of hydrogen-bond donors (Lipinski definition) is 3. The molecule has 4 rings (SSSR count). The normalized spacial score (nSPS) is 16.1. The third-order valence-corrected chi connectivity index (χ3v) is 8.61. The second-order valence-electron chi connectivity index (χ2n) is 7.85. The van der Waals surface area contributed by atoms with Crippen molar-refractivity contribution in [1.82, 2.24) is 4.98 Å². The molecule has 0 saturated heterocycles. The molecule has 2 unspecified atom stereocenters. The predicted octanol–water partition coefficient (Wildman–Crippen LogP) is 3.77. The first-order valence-corrected chi connectivity index (χ1v) is 14.0. The molecule has 0 bridgehead atoms. The lowest BCUT2D eigenvalue weighted by Gasteiger charge is -2.36. The lowest BCUT2D eigenvalue weighted by atomic mass is 10.1. The molecule has 1 aliphatic rings. The molecule has 3 aromatic rings. The largest absolute Gasteiger partial charge is 0.486 e. The molecule has 2 amide bonds. The van der Waals surface area contributed by atoms with E-state index in [2.05, 4.69) is 4.98 Å². The molecule has 2 aromatic carbocycles. The third-order valence-electron chi connectivity index (χ3n) is 5.27. The van der Waals surface area contributed by atoms with Crippen molar-refractivity contribution in [2.45, 2.75) is 23.6 Å². The van der Waals surface area contributed by atoms with Crippen LogP contribution in [-0.2, 0) is 32.3 Å². The maximum absolute atomic E-state index is 13.6. The average Bonchev–Trinajstić information content (AvgIpc) is 3.37. The van der Waals surface area contributed by atoms with Crippen LogP contribution in [0.5, 0.6) is 5.75 Å². The van der Waals surface area contributed by atoms with E-state index in [4.69, 9.17) is 9.84 Å². The summed E-state index contributed by atoms with van der Waals surface area (Å²) < 4.78 is 95.4. The van der Waals surface area contributed by atoms with Crippen LogP contribution in [-0.4, -0.2) is 51.9 Å². The number of nitrogens with one attached hydrogen (secondary N) is 1. The number of alkyl halides is 3. The van der Waals surface area contributed by atoms with Gasteiger partial charge in [-0.15, -0.1) is 11.3 Å². The summed E-state index contributed by atoms with van der Waals surface area (Å²) >= 11 is -1.92. The Morgan fingerprint density at radius 1 is 1.26 bits per heavy atom. The first-order chi connectivity index (χ1) is 18.3. The van der Waals surface area contributed by atoms with E-state index in [1.54, 1.807) is 0 Å². The molecular weight excluding hydrogens is 589 g/mol. The van der Waals surface area contributed by atoms with E-state index in [1.807, 2.05) is 5.32 Å². The number of carbonyl (C=O) groups excluding carboxylic acids is 1. The highest BCUT2D eigenvalue weighted by Gasteiger charge is 2.39. The molecule has 1 aromatic heterocycles. The molecule has 2 heterocycles. The predicted molar refractivity (Wildman–Crippen MR) is 133 cm³/mol. The van der Waals surface area contributed by atoms with Crippen molar-refractivity contribution in [3.05, 3.63) is 59.6 Å². The number of halogens is 3. The van der Waals surface area contributed by atoms with Crippen LogP contribution in [0.2, 0.25) is 0 Å². The molecule has 0 saturated carbocycles. The fourth-order valence-corrected chi connectivity index (χ4v) is 6.52. The van der Waals surface area contributed by atoms with Crippen LogP contribution in [0.25, 0.3) is 0 Å². The van der Waals surface area contributed by atoms with Crippen molar-refractivity contribution in [2.75, 3.05) is 20.5 Å². The Bertz CT molecular complexity index is 1530. The summed E-state index contributed by atoms with van der Waals surface area (Å²) in [5, 5.41) is 12.4. The number of aromatic nitrogens is 1. The van der Waals surface area contributed by atoms with Crippen LogP contribution in [0.15, 0.2) is 58.9 Å². The van der Waals surface area contributed by atoms with Crippen LogP contribution in [0, 0.1) is 0 Å². The smallest absolute Gasteiger partial charge is 0.416 e. The summed E-state index contributed by atoms with van der Waals surface area (Å²) in [6, 6.07) is 6.60. The molecule has 0 fully saturated rings. The standard InChI is InChI=1S/C21H17F3N4O8S3/c22-21(23,24)12-2-1-3-15(8-12)39(34,35)27-11-14(10-18(29)28(38(32)33)19-25-6-7-37-19)36-17-5-4-13(9-16(17)27)26-20(30)31/h1-9,14,26H,10-11H2,(H,30,31)(H,32,33). The van der Waals surface area contributed by atoms with E-state index < -0.39 is 69.0 Å². The van der Waals surface area contributed by atoms with Crippen molar-refractivity contribution in [3.8, 4) is 5.75 Å². The van der Waals surface area contributed by atoms with E-state index in [0.29, 0.717) is 20.7 Å². The number of nitrogens with zero attached hydrogens (tertiary/aromatic N) is 3. The highest BCUT2D eigenvalue weighted by Crippen LogP contribution is 2.40. The Balaban J connectivity index is 1.74. The fraction of sp³-hybridized carbons (Fsp3) is 0.190. The zero-order valence-corrected chi connectivity index (χ0v) is 21.7. The second kappa shape index (κ2) is 10.8. The van der Waals surface area contributed by atoms with Crippen molar-refractivity contribution in [1.29, 1.82) is 0 Å². The fourth-order valence-electron chi connectivity index (χ4n) is 3.66. The van der Waals surface area contributed by atoms with Crippen molar-refractivity contribution >= 4 is 61.1 Å². The Kier molecular flexibility index (Phi) is 7.82. The second-order valence-corrected chi connectivity index (χ2v) is 11.4. The number of amides is 2. The van der Waals surface area contributed by atoms with Crippen molar-refractivity contribution in [3.63, 3.8) is 0 Å². The first kappa shape index (κ1) is 28.3. The Morgan fingerprint density at radius 2 is 2.00 bits per heavy atom. The molecule has 18 heteroatoms. The lowest BCUT2D eigenvalue weighted by molar-refractivity contribution is -0.137. The minimum atomic E-state index is -4.83. The summed E-state index contributed by atoms with van der Waals surface area (Å²) in [4.78, 5) is 27.1. The summed E-state index contributed by atoms with van der Waals surface area (Å²) in [5.74, 6) is -1.07. The van der Waals surface area contributed by atoms with E-state index in [0.717, 1.165) is 29.5 Å². The number of carboxylic acid groups (broad SMARTS) is 1. The highest BCUT2D eigenvalue weighted by molar-refractivity contribution is 7.92. The van der Waals surface area contributed by atoms with Crippen LogP contribution in [0.1, 0.15) is 12.0 Å². The van der Waals surface area contributed by atoms with E-state index in [-0.39, 0.29) is 22.3 Å². The summed E-state index contributed by atoms with van der Waals surface area (Å²) in [6.45, 7) is -0.600. The summed E-state index contributed by atoms with van der Waals surface area (Å²) in [6.07, 6.45) is -6.86. The highest BCUT2D eigenvalue weighted by atomic mass is 32.2. The lowest BCUT2D eigenvalue weighted by Crippen LogP contribution is -2.46. The molecular formula is C21H17F3N4O8S3. The maximum atomic E-state index is 13.6. The number of rotatable bonds is 7. The quantitative estimate of drug-likeness (QED) is 0.339. The number of anilines is 3. The number of sulfonamides is 1. The number of thiazole rings is 1. The molecule has 1 aliphatic heterocycles. The van der Waals surface area contributed by atoms with Crippen LogP contribution < -0.4 is 18.7 Å². The van der Waals surface area contributed by atoms with Gasteiger partial charge < -0.3 is 9.84 Å². The van der Waals surface area contributed by atoms with E-state index >= 15 is 0 Å². The number of hydrogen-bond acceptors (Lipinski definition) is 8. The number of carbonyl (C=O) groups is 2. The van der Waals surface area contributed by atoms with Crippen molar-refractivity contribution < 1.29 is 49.8 Å². The van der Waals surface area contributed by atoms with Gasteiger partial charge in [0, 0.05) is 17.3 Å². The Hall–Kier alpha value is -3.74. The molecule has 0 spiro atoms. The van der Waals surface area contributed by atoms with Gasteiger partial charge in [0.2, 0.25) is 11.0 Å². The molecule has 0 radical (unpaired) electrons. The molecule has 39 heavy (non-hydrogen) atoms. The monoisotopic (exact) mass is 606 g/mol. The summed E-state index contributed by atoms with van der Waals surface area (Å²) in [5.41, 5.74) is -1.48. The van der Waals surface area contributed by atoms with Gasteiger partial charge in [-0.1, -0.05) is 6.07 Å².